The molecule has 1 amide bonds. The van der Waals surface area contributed by atoms with Crippen molar-refractivity contribution in [3.63, 3.8) is 0 Å². The zero-order valence-electron chi connectivity index (χ0n) is 10.5. The van der Waals surface area contributed by atoms with Crippen LogP contribution in [0.15, 0.2) is 16.5 Å². The first-order chi connectivity index (χ1) is 8.47. The number of carbonyl (C=O) groups excluding carboxylic acids is 1. The Labute approximate surface area is 105 Å². The van der Waals surface area contributed by atoms with Crippen molar-refractivity contribution in [3.05, 3.63) is 23.7 Å². The van der Waals surface area contributed by atoms with Gasteiger partial charge in [0, 0.05) is 12.8 Å². The van der Waals surface area contributed by atoms with Gasteiger partial charge >= 0.3 is 5.97 Å². The zero-order valence-corrected chi connectivity index (χ0v) is 10.5. The summed E-state index contributed by atoms with van der Waals surface area (Å²) < 4.78 is 5.66. The van der Waals surface area contributed by atoms with Crippen molar-refractivity contribution in [2.24, 2.45) is 5.92 Å². The first-order valence-electron chi connectivity index (χ1n) is 6.06. The molecule has 2 N–H and O–H groups in total. The SMILES string of the molecule is CC(=O)N[C@H](CC(=O)O)c1ccc(C2CC2C)o1. The second-order valence-electron chi connectivity index (χ2n) is 4.91. The van der Waals surface area contributed by atoms with Gasteiger partial charge < -0.3 is 14.8 Å². The lowest BCUT2D eigenvalue weighted by atomic mass is 10.1. The van der Waals surface area contributed by atoms with Crippen molar-refractivity contribution in [1.82, 2.24) is 5.32 Å². The molecule has 1 saturated carbocycles. The fraction of sp³-hybridized carbons (Fsp3) is 0.538. The summed E-state index contributed by atoms with van der Waals surface area (Å²) in [5.74, 6) is 1.25. The van der Waals surface area contributed by atoms with Gasteiger partial charge in [0.1, 0.15) is 11.5 Å². The Kier molecular flexibility index (Phi) is 3.41. The summed E-state index contributed by atoms with van der Waals surface area (Å²) in [5, 5.41) is 11.4. The summed E-state index contributed by atoms with van der Waals surface area (Å²) in [7, 11) is 0. The smallest absolute Gasteiger partial charge is 0.305 e. The Bertz CT molecular complexity index is 449. The molecule has 1 aliphatic carbocycles. The molecule has 0 aromatic carbocycles. The Morgan fingerprint density at radius 1 is 1.56 bits per heavy atom. The van der Waals surface area contributed by atoms with E-state index in [4.69, 9.17) is 9.52 Å². The van der Waals surface area contributed by atoms with Gasteiger partial charge in [0.2, 0.25) is 5.91 Å². The van der Waals surface area contributed by atoms with E-state index in [9.17, 15) is 9.59 Å². The van der Waals surface area contributed by atoms with Crippen LogP contribution in [-0.2, 0) is 9.59 Å². The first kappa shape index (κ1) is 12.7. The second kappa shape index (κ2) is 4.84. The number of amides is 1. The number of aliphatic carboxylic acids is 1. The third-order valence-corrected chi connectivity index (χ3v) is 3.22. The fourth-order valence-electron chi connectivity index (χ4n) is 2.12. The number of rotatable bonds is 5. The first-order valence-corrected chi connectivity index (χ1v) is 6.06. The molecule has 1 heterocycles. The van der Waals surface area contributed by atoms with Gasteiger partial charge in [-0.2, -0.15) is 0 Å². The van der Waals surface area contributed by atoms with Crippen molar-refractivity contribution in [2.75, 3.05) is 0 Å². The summed E-state index contributed by atoms with van der Waals surface area (Å²) in [6.45, 7) is 3.51. The van der Waals surface area contributed by atoms with Crippen LogP contribution in [0, 0.1) is 5.92 Å². The highest BCUT2D eigenvalue weighted by atomic mass is 16.4. The molecule has 1 aromatic rings. The van der Waals surface area contributed by atoms with E-state index in [0.717, 1.165) is 12.2 Å². The van der Waals surface area contributed by atoms with E-state index in [1.807, 2.05) is 6.07 Å². The van der Waals surface area contributed by atoms with E-state index in [-0.39, 0.29) is 12.3 Å². The summed E-state index contributed by atoms with van der Waals surface area (Å²) in [6.07, 6.45) is 0.934. The van der Waals surface area contributed by atoms with Gasteiger partial charge in [0.25, 0.3) is 0 Å². The molecule has 5 heteroatoms. The van der Waals surface area contributed by atoms with Gasteiger partial charge in [0.15, 0.2) is 0 Å². The average Bonchev–Trinajstić information content (AvgIpc) is 2.79. The number of nitrogens with one attached hydrogen (secondary N) is 1. The lowest BCUT2D eigenvalue weighted by molar-refractivity contribution is -0.137. The monoisotopic (exact) mass is 251 g/mol. The molecule has 0 bridgehead atoms. The zero-order chi connectivity index (χ0) is 13.3. The molecule has 3 atom stereocenters. The number of hydrogen-bond donors (Lipinski definition) is 2. The number of hydrogen-bond acceptors (Lipinski definition) is 3. The highest BCUT2D eigenvalue weighted by Crippen LogP contribution is 2.47. The lowest BCUT2D eigenvalue weighted by Gasteiger charge is -2.13. The predicted octanol–water partition coefficient (Wildman–Crippen LogP) is 2.05. The van der Waals surface area contributed by atoms with Crippen LogP contribution in [0.2, 0.25) is 0 Å². The minimum atomic E-state index is -0.966. The number of carboxylic acids is 1. The molecule has 18 heavy (non-hydrogen) atoms. The van der Waals surface area contributed by atoms with Gasteiger partial charge in [-0.3, -0.25) is 9.59 Å². The van der Waals surface area contributed by atoms with Crippen LogP contribution < -0.4 is 5.32 Å². The normalized spacial score (nSPS) is 23.4. The van der Waals surface area contributed by atoms with Crippen LogP contribution >= 0.6 is 0 Å². The number of carboxylic acid groups (broad SMARTS) is 1. The van der Waals surface area contributed by atoms with Crippen LogP contribution in [0.5, 0.6) is 0 Å². The largest absolute Gasteiger partial charge is 0.481 e. The Balaban J connectivity index is 2.11. The van der Waals surface area contributed by atoms with Crippen molar-refractivity contribution in [3.8, 4) is 0 Å². The predicted molar refractivity (Wildman–Crippen MR) is 64.0 cm³/mol. The number of carbonyl (C=O) groups is 2. The van der Waals surface area contributed by atoms with E-state index < -0.39 is 12.0 Å². The highest BCUT2D eigenvalue weighted by Gasteiger charge is 2.37. The molecule has 1 aromatic heterocycles. The van der Waals surface area contributed by atoms with E-state index >= 15 is 0 Å². The lowest BCUT2D eigenvalue weighted by Crippen LogP contribution is -2.27. The van der Waals surface area contributed by atoms with Gasteiger partial charge in [-0.1, -0.05) is 6.92 Å². The van der Waals surface area contributed by atoms with Gasteiger partial charge in [-0.25, -0.2) is 0 Å². The third kappa shape index (κ3) is 2.91. The van der Waals surface area contributed by atoms with Crippen molar-refractivity contribution < 1.29 is 19.1 Å². The van der Waals surface area contributed by atoms with E-state index in [1.165, 1.54) is 6.92 Å². The van der Waals surface area contributed by atoms with Crippen molar-refractivity contribution >= 4 is 11.9 Å². The minimum Gasteiger partial charge on any atom is -0.481 e. The van der Waals surface area contributed by atoms with E-state index in [2.05, 4.69) is 12.2 Å². The molecule has 1 aliphatic rings. The van der Waals surface area contributed by atoms with Gasteiger partial charge in [-0.15, -0.1) is 0 Å². The maximum Gasteiger partial charge on any atom is 0.305 e. The molecule has 2 unspecified atom stereocenters. The molecule has 5 nitrogen and oxygen atoms in total. The van der Waals surface area contributed by atoms with E-state index in [1.54, 1.807) is 6.07 Å². The summed E-state index contributed by atoms with van der Waals surface area (Å²) in [6, 6.07) is 3.03. The molecule has 0 spiro atoms. The molecule has 98 valence electrons. The molecule has 0 aliphatic heterocycles. The number of furan rings is 1. The summed E-state index contributed by atoms with van der Waals surface area (Å²) in [5.41, 5.74) is 0. The van der Waals surface area contributed by atoms with Crippen LogP contribution in [0.1, 0.15) is 50.2 Å². The molecule has 1 fully saturated rings. The summed E-state index contributed by atoms with van der Waals surface area (Å²) in [4.78, 5) is 21.8. The average molecular weight is 251 g/mol. The minimum absolute atomic E-state index is 0.174. The van der Waals surface area contributed by atoms with Crippen molar-refractivity contribution in [1.29, 1.82) is 0 Å². The van der Waals surface area contributed by atoms with Crippen LogP contribution in [0.3, 0.4) is 0 Å². The quantitative estimate of drug-likeness (QED) is 0.839. The maximum atomic E-state index is 11.1. The van der Waals surface area contributed by atoms with Crippen LogP contribution in [0.25, 0.3) is 0 Å². The van der Waals surface area contributed by atoms with Gasteiger partial charge in [0.05, 0.1) is 12.5 Å². The van der Waals surface area contributed by atoms with Crippen molar-refractivity contribution in [2.45, 2.75) is 38.6 Å². The summed E-state index contributed by atoms with van der Waals surface area (Å²) >= 11 is 0. The molecule has 0 radical (unpaired) electrons. The molecule has 2 rings (SSSR count). The topological polar surface area (TPSA) is 79.5 Å². The molecular weight excluding hydrogens is 234 g/mol. The highest BCUT2D eigenvalue weighted by molar-refractivity contribution is 5.75. The van der Waals surface area contributed by atoms with Crippen LogP contribution in [-0.4, -0.2) is 17.0 Å². The standard InChI is InChI=1S/C13H17NO4/c1-7-5-9(7)11-3-4-12(18-11)10(6-13(16)17)14-8(2)15/h3-4,7,9-10H,5-6H2,1-2H3,(H,14,15)(H,16,17)/t7?,9?,10-/m1/s1. The fourth-order valence-corrected chi connectivity index (χ4v) is 2.12. The maximum absolute atomic E-state index is 11.1. The van der Waals surface area contributed by atoms with Crippen LogP contribution in [0.4, 0.5) is 0 Å². The molecule has 0 saturated heterocycles. The Morgan fingerprint density at radius 2 is 2.22 bits per heavy atom. The Hall–Kier alpha value is -1.78. The third-order valence-electron chi connectivity index (χ3n) is 3.22. The second-order valence-corrected chi connectivity index (χ2v) is 4.91. The Morgan fingerprint density at radius 3 is 2.72 bits per heavy atom. The van der Waals surface area contributed by atoms with E-state index in [0.29, 0.717) is 17.6 Å². The molecular formula is C13H17NO4. The van der Waals surface area contributed by atoms with Gasteiger partial charge in [-0.05, 0) is 24.5 Å².